The molecule has 6 heteroatoms. The molecule has 114 valence electrons. The minimum atomic E-state index is -1.67. The number of rotatable bonds is 5. The Morgan fingerprint density at radius 2 is 2.14 bits per heavy atom. The molecule has 1 aromatic rings. The van der Waals surface area contributed by atoms with Crippen molar-refractivity contribution in [2.75, 3.05) is 26.8 Å². The monoisotopic (exact) mass is 295 g/mol. The first-order valence-electron chi connectivity index (χ1n) is 6.80. The highest BCUT2D eigenvalue weighted by Crippen LogP contribution is 2.25. The molecule has 0 spiro atoms. The maximum absolute atomic E-state index is 13.8. The molecule has 1 aliphatic heterocycles. The summed E-state index contributed by atoms with van der Waals surface area (Å²) in [5.41, 5.74) is 0.486. The van der Waals surface area contributed by atoms with E-state index in [9.17, 15) is 14.0 Å². The molecule has 21 heavy (non-hydrogen) atoms. The first-order valence-corrected chi connectivity index (χ1v) is 6.80. The van der Waals surface area contributed by atoms with Crippen LogP contribution in [-0.4, -0.2) is 49.8 Å². The zero-order valence-electron chi connectivity index (χ0n) is 12.0. The van der Waals surface area contributed by atoms with Gasteiger partial charge in [-0.3, -0.25) is 4.79 Å². The van der Waals surface area contributed by atoms with Crippen LogP contribution in [0.15, 0.2) is 24.3 Å². The van der Waals surface area contributed by atoms with Crippen molar-refractivity contribution < 1.29 is 23.5 Å². The molecule has 0 N–H and O–H groups in total. The van der Waals surface area contributed by atoms with Crippen molar-refractivity contribution in [2.45, 2.75) is 13.1 Å². The summed E-state index contributed by atoms with van der Waals surface area (Å²) in [4.78, 5) is 25.0. The number of halogens is 1. The molecular formula is C15H18FNO4. The van der Waals surface area contributed by atoms with Gasteiger partial charge in [-0.05, 0) is 25.1 Å². The SMILES string of the molecule is CCOC(=O)[C@@H](F)C1CN(C(=O)c2cccc(OC)c2)C1. The molecule has 1 atom stereocenters. The Labute approximate surface area is 122 Å². The first-order chi connectivity index (χ1) is 10.1. The number of hydrogen-bond acceptors (Lipinski definition) is 4. The van der Waals surface area contributed by atoms with Gasteiger partial charge in [-0.2, -0.15) is 0 Å². The lowest BCUT2D eigenvalue weighted by Crippen LogP contribution is -2.55. The number of nitrogens with zero attached hydrogens (tertiary/aromatic N) is 1. The largest absolute Gasteiger partial charge is 0.497 e. The molecular weight excluding hydrogens is 277 g/mol. The molecule has 0 aliphatic carbocycles. The highest BCUT2D eigenvalue weighted by atomic mass is 19.1. The van der Waals surface area contributed by atoms with Crippen LogP contribution < -0.4 is 4.74 Å². The summed E-state index contributed by atoms with van der Waals surface area (Å²) in [6.45, 7) is 2.22. The van der Waals surface area contributed by atoms with Gasteiger partial charge in [0.25, 0.3) is 5.91 Å². The quantitative estimate of drug-likeness (QED) is 0.775. The predicted molar refractivity (Wildman–Crippen MR) is 73.9 cm³/mol. The van der Waals surface area contributed by atoms with Gasteiger partial charge in [-0.1, -0.05) is 6.07 Å². The summed E-state index contributed by atoms with van der Waals surface area (Å²) in [7, 11) is 1.52. The highest BCUT2D eigenvalue weighted by Gasteiger charge is 2.40. The Hall–Kier alpha value is -2.11. The fraction of sp³-hybridized carbons (Fsp3) is 0.467. The van der Waals surface area contributed by atoms with Crippen molar-refractivity contribution in [3.05, 3.63) is 29.8 Å². The van der Waals surface area contributed by atoms with Gasteiger partial charge >= 0.3 is 5.97 Å². The average Bonchev–Trinajstić information content (AvgIpc) is 2.45. The van der Waals surface area contributed by atoms with E-state index < -0.39 is 18.1 Å². The molecule has 1 heterocycles. The summed E-state index contributed by atoms with van der Waals surface area (Å²) in [5.74, 6) is -0.941. The third-order valence-electron chi connectivity index (χ3n) is 3.44. The van der Waals surface area contributed by atoms with Gasteiger partial charge in [0.05, 0.1) is 13.7 Å². The van der Waals surface area contributed by atoms with E-state index in [-0.39, 0.29) is 25.6 Å². The number of alkyl halides is 1. The van der Waals surface area contributed by atoms with Crippen molar-refractivity contribution in [3.63, 3.8) is 0 Å². The van der Waals surface area contributed by atoms with E-state index in [0.717, 1.165) is 0 Å². The number of methoxy groups -OCH3 is 1. The fourth-order valence-corrected chi connectivity index (χ4v) is 2.22. The van der Waals surface area contributed by atoms with Crippen LogP contribution in [0.4, 0.5) is 4.39 Å². The van der Waals surface area contributed by atoms with Crippen molar-refractivity contribution in [2.24, 2.45) is 5.92 Å². The Morgan fingerprint density at radius 3 is 2.76 bits per heavy atom. The van der Waals surface area contributed by atoms with Gasteiger partial charge in [-0.15, -0.1) is 0 Å². The molecule has 0 aromatic heterocycles. The van der Waals surface area contributed by atoms with E-state index >= 15 is 0 Å². The van der Waals surface area contributed by atoms with Gasteiger partial charge in [0.2, 0.25) is 6.17 Å². The van der Waals surface area contributed by atoms with E-state index in [1.807, 2.05) is 0 Å². The number of carbonyl (C=O) groups excluding carboxylic acids is 2. The standard InChI is InChI=1S/C15H18FNO4/c1-3-21-15(19)13(16)11-8-17(9-11)14(18)10-5-4-6-12(7-10)20-2/h4-7,11,13H,3,8-9H2,1-2H3/t13-/m0/s1. The molecule has 0 saturated carbocycles. The lowest BCUT2D eigenvalue weighted by Gasteiger charge is -2.40. The predicted octanol–water partition coefficient (Wildman–Crippen LogP) is 1.67. The topological polar surface area (TPSA) is 55.8 Å². The Balaban J connectivity index is 1.91. The summed E-state index contributed by atoms with van der Waals surface area (Å²) >= 11 is 0. The third-order valence-corrected chi connectivity index (χ3v) is 3.44. The molecule has 5 nitrogen and oxygen atoms in total. The van der Waals surface area contributed by atoms with Crippen LogP contribution in [0.3, 0.4) is 0 Å². The van der Waals surface area contributed by atoms with Crippen LogP contribution in [0, 0.1) is 5.92 Å². The second-order valence-corrected chi connectivity index (χ2v) is 4.86. The van der Waals surface area contributed by atoms with Gasteiger partial charge < -0.3 is 14.4 Å². The summed E-state index contributed by atoms with van der Waals surface area (Å²) in [5, 5.41) is 0. The summed E-state index contributed by atoms with van der Waals surface area (Å²) < 4.78 is 23.5. The van der Waals surface area contributed by atoms with Crippen LogP contribution >= 0.6 is 0 Å². The number of esters is 1. The molecule has 1 saturated heterocycles. The van der Waals surface area contributed by atoms with Gasteiger partial charge in [0.15, 0.2) is 0 Å². The average molecular weight is 295 g/mol. The van der Waals surface area contributed by atoms with E-state index in [2.05, 4.69) is 4.74 Å². The summed E-state index contributed by atoms with van der Waals surface area (Å²) in [6, 6.07) is 6.78. The minimum Gasteiger partial charge on any atom is -0.497 e. The molecule has 0 radical (unpaired) electrons. The normalized spacial score (nSPS) is 16.0. The highest BCUT2D eigenvalue weighted by molar-refractivity contribution is 5.95. The molecule has 1 amide bonds. The molecule has 1 aromatic carbocycles. The molecule has 1 aliphatic rings. The first kappa shape index (κ1) is 15.3. The minimum absolute atomic E-state index is 0.151. The van der Waals surface area contributed by atoms with Crippen LogP contribution in [0.25, 0.3) is 0 Å². The maximum atomic E-state index is 13.8. The number of benzene rings is 1. The molecule has 2 rings (SSSR count). The smallest absolute Gasteiger partial charge is 0.341 e. The van der Waals surface area contributed by atoms with Gasteiger partial charge in [0.1, 0.15) is 5.75 Å². The lowest BCUT2D eigenvalue weighted by molar-refractivity contribution is -0.153. The number of carbonyl (C=O) groups is 2. The van der Waals surface area contributed by atoms with E-state index in [1.54, 1.807) is 31.2 Å². The van der Waals surface area contributed by atoms with Gasteiger partial charge in [0, 0.05) is 24.6 Å². The fourth-order valence-electron chi connectivity index (χ4n) is 2.22. The Kier molecular flexibility index (Phi) is 4.77. The Morgan fingerprint density at radius 1 is 1.43 bits per heavy atom. The lowest BCUT2D eigenvalue weighted by atomic mass is 9.93. The second kappa shape index (κ2) is 6.56. The van der Waals surface area contributed by atoms with Crippen LogP contribution in [0.2, 0.25) is 0 Å². The van der Waals surface area contributed by atoms with Gasteiger partial charge in [-0.25, -0.2) is 9.18 Å². The second-order valence-electron chi connectivity index (χ2n) is 4.86. The molecule has 0 unspecified atom stereocenters. The van der Waals surface area contributed by atoms with Crippen LogP contribution in [0.1, 0.15) is 17.3 Å². The van der Waals surface area contributed by atoms with Crippen molar-refractivity contribution in [3.8, 4) is 5.75 Å². The maximum Gasteiger partial charge on any atom is 0.341 e. The zero-order valence-corrected chi connectivity index (χ0v) is 12.0. The summed E-state index contributed by atoms with van der Waals surface area (Å²) in [6.07, 6.45) is -1.67. The number of ether oxygens (including phenoxy) is 2. The van der Waals surface area contributed by atoms with E-state index in [4.69, 9.17) is 4.74 Å². The third kappa shape index (κ3) is 3.32. The number of likely N-dealkylation sites (tertiary alicyclic amines) is 1. The molecule has 0 bridgehead atoms. The zero-order chi connectivity index (χ0) is 15.4. The molecule has 1 fully saturated rings. The van der Waals surface area contributed by atoms with E-state index in [0.29, 0.717) is 11.3 Å². The number of hydrogen-bond donors (Lipinski definition) is 0. The number of amides is 1. The Bertz CT molecular complexity index is 528. The van der Waals surface area contributed by atoms with Crippen molar-refractivity contribution in [1.82, 2.24) is 4.90 Å². The van der Waals surface area contributed by atoms with E-state index in [1.165, 1.54) is 12.0 Å². The van der Waals surface area contributed by atoms with Crippen LogP contribution in [-0.2, 0) is 9.53 Å². The van der Waals surface area contributed by atoms with Crippen LogP contribution in [0.5, 0.6) is 5.75 Å². The van der Waals surface area contributed by atoms with Crippen molar-refractivity contribution in [1.29, 1.82) is 0 Å². The van der Waals surface area contributed by atoms with Crippen molar-refractivity contribution >= 4 is 11.9 Å².